The van der Waals surface area contributed by atoms with Crippen molar-refractivity contribution in [1.29, 1.82) is 0 Å². The summed E-state index contributed by atoms with van der Waals surface area (Å²) in [5.74, 6) is 0.878. The minimum absolute atomic E-state index is 0.118. The van der Waals surface area contributed by atoms with Crippen molar-refractivity contribution in [3.8, 4) is 23.1 Å². The first-order valence-electron chi connectivity index (χ1n) is 9.54. The molecule has 2 N–H and O–H groups in total. The van der Waals surface area contributed by atoms with Gasteiger partial charge < -0.3 is 9.84 Å². The maximum atomic E-state index is 12.3. The van der Waals surface area contributed by atoms with Gasteiger partial charge in [0.2, 0.25) is 5.88 Å². The molecule has 0 radical (unpaired) electrons. The molecule has 0 aliphatic heterocycles. The number of nitrogens with one attached hydrogen (secondary N) is 1. The summed E-state index contributed by atoms with van der Waals surface area (Å²) in [6.07, 6.45) is 1.23. The number of ether oxygens (including phenoxy) is 1. The summed E-state index contributed by atoms with van der Waals surface area (Å²) in [7, 11) is 0. The lowest BCUT2D eigenvalue weighted by molar-refractivity contribution is 0.430. The van der Waals surface area contributed by atoms with Gasteiger partial charge in [0.15, 0.2) is 0 Å². The lowest BCUT2D eigenvalue weighted by atomic mass is 10.2. The number of aromatic hydroxyl groups is 1. The van der Waals surface area contributed by atoms with Crippen molar-refractivity contribution >= 4 is 11.9 Å². The summed E-state index contributed by atoms with van der Waals surface area (Å²) in [4.78, 5) is 31.1. The highest BCUT2D eigenvalue weighted by Crippen LogP contribution is 2.24. The van der Waals surface area contributed by atoms with E-state index in [1.54, 1.807) is 49.4 Å². The quantitative estimate of drug-likeness (QED) is 0.482. The monoisotopic (exact) mass is 413 g/mol. The molecule has 4 aromatic rings. The summed E-state index contributed by atoms with van der Waals surface area (Å²) in [6.45, 7) is 1.80. The standard InChI is InChI=1S/C24H19N3O4/c1-16-7-5-6-10-21(16)27-23(29)20(22(28)26-24(27)30)15-25-17-11-13-19(14-12-17)31-18-8-3-2-4-9-18/h2-15,29H,1H3,(H,26,28,30). The second kappa shape index (κ2) is 8.54. The van der Waals surface area contributed by atoms with Crippen LogP contribution in [0.3, 0.4) is 0 Å². The SMILES string of the molecule is Cc1ccccc1-n1c(O)c(C=Nc2ccc(Oc3ccccc3)cc2)c(=O)[nH]c1=O. The molecule has 7 nitrogen and oxygen atoms in total. The number of hydrogen-bond donors (Lipinski definition) is 2. The largest absolute Gasteiger partial charge is 0.493 e. The molecule has 0 aliphatic carbocycles. The van der Waals surface area contributed by atoms with Crippen LogP contribution in [-0.2, 0) is 0 Å². The second-order valence-electron chi connectivity index (χ2n) is 6.79. The lowest BCUT2D eigenvalue weighted by Gasteiger charge is -2.11. The lowest BCUT2D eigenvalue weighted by Crippen LogP contribution is -2.31. The molecular weight excluding hydrogens is 394 g/mol. The van der Waals surface area contributed by atoms with Gasteiger partial charge in [0.1, 0.15) is 17.1 Å². The Hall–Kier alpha value is -4.39. The molecule has 0 amide bonds. The first-order chi connectivity index (χ1) is 15.0. The molecule has 0 unspecified atom stereocenters. The first-order valence-corrected chi connectivity index (χ1v) is 9.54. The van der Waals surface area contributed by atoms with Crippen LogP contribution in [0.4, 0.5) is 5.69 Å². The van der Waals surface area contributed by atoms with Crippen molar-refractivity contribution in [2.24, 2.45) is 4.99 Å². The van der Waals surface area contributed by atoms with Crippen LogP contribution < -0.4 is 16.0 Å². The van der Waals surface area contributed by atoms with Crippen molar-refractivity contribution in [3.05, 3.63) is 111 Å². The van der Waals surface area contributed by atoms with Crippen LogP contribution in [0.15, 0.2) is 93.4 Å². The molecule has 0 fully saturated rings. The van der Waals surface area contributed by atoms with Gasteiger partial charge in [-0.2, -0.15) is 0 Å². The Labute approximate surface area is 177 Å². The number of aromatic nitrogens is 2. The van der Waals surface area contributed by atoms with E-state index >= 15 is 0 Å². The maximum absolute atomic E-state index is 12.3. The zero-order valence-corrected chi connectivity index (χ0v) is 16.6. The average molecular weight is 413 g/mol. The van der Waals surface area contributed by atoms with Gasteiger partial charge in [-0.1, -0.05) is 36.4 Å². The fourth-order valence-electron chi connectivity index (χ4n) is 3.06. The van der Waals surface area contributed by atoms with Gasteiger partial charge in [0.25, 0.3) is 5.56 Å². The van der Waals surface area contributed by atoms with Gasteiger partial charge >= 0.3 is 5.69 Å². The molecule has 31 heavy (non-hydrogen) atoms. The number of aryl methyl sites for hydroxylation is 1. The number of hydrogen-bond acceptors (Lipinski definition) is 5. The first kappa shape index (κ1) is 19.9. The molecule has 1 heterocycles. The molecule has 7 heteroatoms. The third-order valence-corrected chi connectivity index (χ3v) is 4.64. The van der Waals surface area contributed by atoms with Crippen LogP contribution in [-0.4, -0.2) is 20.9 Å². The molecule has 0 bridgehead atoms. The number of rotatable bonds is 5. The van der Waals surface area contributed by atoms with E-state index in [-0.39, 0.29) is 5.56 Å². The van der Waals surface area contributed by atoms with Gasteiger partial charge in [0, 0.05) is 6.21 Å². The van der Waals surface area contributed by atoms with Crippen LogP contribution in [0.2, 0.25) is 0 Å². The van der Waals surface area contributed by atoms with Gasteiger partial charge in [-0.05, 0) is 55.0 Å². The molecule has 0 atom stereocenters. The van der Waals surface area contributed by atoms with E-state index in [4.69, 9.17) is 4.74 Å². The molecule has 4 rings (SSSR count). The fourth-order valence-corrected chi connectivity index (χ4v) is 3.06. The Morgan fingerprint density at radius 2 is 1.55 bits per heavy atom. The topological polar surface area (TPSA) is 96.7 Å². The zero-order valence-electron chi connectivity index (χ0n) is 16.6. The summed E-state index contributed by atoms with van der Waals surface area (Å²) in [6, 6.07) is 23.4. The van der Waals surface area contributed by atoms with E-state index in [1.807, 2.05) is 36.4 Å². The van der Waals surface area contributed by atoms with Crippen LogP contribution >= 0.6 is 0 Å². The highest BCUT2D eigenvalue weighted by molar-refractivity contribution is 5.84. The molecule has 0 spiro atoms. The average Bonchev–Trinajstić information content (AvgIpc) is 2.76. The van der Waals surface area contributed by atoms with Crippen LogP contribution in [0, 0.1) is 6.92 Å². The van der Waals surface area contributed by atoms with Crippen molar-refractivity contribution in [2.75, 3.05) is 0 Å². The number of aliphatic imine (C=N–C) groups is 1. The molecule has 3 aromatic carbocycles. The number of nitrogens with zero attached hydrogens (tertiary/aromatic N) is 2. The predicted octanol–water partition coefficient (Wildman–Crippen LogP) is 4.08. The number of benzene rings is 3. The smallest absolute Gasteiger partial charge is 0.335 e. The van der Waals surface area contributed by atoms with E-state index in [9.17, 15) is 14.7 Å². The van der Waals surface area contributed by atoms with Gasteiger partial charge in [-0.3, -0.25) is 14.8 Å². The van der Waals surface area contributed by atoms with Gasteiger partial charge in [-0.15, -0.1) is 0 Å². The minimum atomic E-state index is -0.726. The third-order valence-electron chi connectivity index (χ3n) is 4.64. The van der Waals surface area contributed by atoms with E-state index in [0.717, 1.165) is 10.1 Å². The molecule has 0 aliphatic rings. The minimum Gasteiger partial charge on any atom is -0.493 e. The Bertz CT molecular complexity index is 1350. The summed E-state index contributed by atoms with van der Waals surface area (Å²) in [5, 5.41) is 10.6. The molecule has 154 valence electrons. The highest BCUT2D eigenvalue weighted by atomic mass is 16.5. The van der Waals surface area contributed by atoms with E-state index in [0.29, 0.717) is 22.9 Å². The Morgan fingerprint density at radius 3 is 2.26 bits per heavy atom. The summed E-state index contributed by atoms with van der Waals surface area (Å²) >= 11 is 0. The number of para-hydroxylation sites is 2. The zero-order chi connectivity index (χ0) is 21.8. The fraction of sp³-hybridized carbons (Fsp3) is 0.0417. The van der Waals surface area contributed by atoms with Crippen LogP contribution in [0.5, 0.6) is 17.4 Å². The Morgan fingerprint density at radius 1 is 0.903 bits per heavy atom. The number of H-pyrrole nitrogens is 1. The highest BCUT2D eigenvalue weighted by Gasteiger charge is 2.15. The third kappa shape index (κ3) is 4.30. The maximum Gasteiger partial charge on any atom is 0.335 e. The second-order valence-corrected chi connectivity index (χ2v) is 6.79. The van der Waals surface area contributed by atoms with Gasteiger partial charge in [0.05, 0.1) is 11.4 Å². The van der Waals surface area contributed by atoms with Crippen molar-refractivity contribution in [2.45, 2.75) is 6.92 Å². The van der Waals surface area contributed by atoms with E-state index < -0.39 is 17.1 Å². The van der Waals surface area contributed by atoms with Gasteiger partial charge in [-0.25, -0.2) is 9.36 Å². The Kier molecular flexibility index (Phi) is 5.49. The van der Waals surface area contributed by atoms with Crippen molar-refractivity contribution in [1.82, 2.24) is 9.55 Å². The number of aromatic amines is 1. The van der Waals surface area contributed by atoms with Crippen molar-refractivity contribution < 1.29 is 9.84 Å². The van der Waals surface area contributed by atoms with Crippen LogP contribution in [0.1, 0.15) is 11.1 Å². The van der Waals surface area contributed by atoms with E-state index in [2.05, 4.69) is 9.98 Å². The Balaban J connectivity index is 1.63. The molecule has 0 saturated heterocycles. The summed E-state index contributed by atoms with van der Waals surface area (Å²) in [5.41, 5.74) is 0.221. The summed E-state index contributed by atoms with van der Waals surface area (Å²) < 4.78 is 6.79. The van der Waals surface area contributed by atoms with Crippen molar-refractivity contribution in [3.63, 3.8) is 0 Å². The molecule has 0 saturated carbocycles. The molecular formula is C24H19N3O4. The predicted molar refractivity (Wildman–Crippen MR) is 119 cm³/mol. The normalized spacial score (nSPS) is 11.0. The van der Waals surface area contributed by atoms with Crippen LogP contribution in [0.25, 0.3) is 5.69 Å². The van der Waals surface area contributed by atoms with E-state index in [1.165, 1.54) is 6.21 Å². The molecule has 1 aromatic heterocycles.